The molecule has 1 N–H and O–H groups in total. The standard InChI is InChI=1S/C13H16N4O2/c1-10-3-4-11(9-12(10)17(18)19)14-6-5-13-15-7-8-16(13)2/h3-4,7-9,14H,5-6H2,1-2H3. The van der Waals surface area contributed by atoms with Crippen molar-refractivity contribution in [1.82, 2.24) is 9.55 Å². The summed E-state index contributed by atoms with van der Waals surface area (Å²) in [4.78, 5) is 14.7. The monoisotopic (exact) mass is 260 g/mol. The molecule has 0 amide bonds. The fourth-order valence-corrected chi connectivity index (χ4v) is 1.87. The van der Waals surface area contributed by atoms with E-state index in [-0.39, 0.29) is 10.6 Å². The first-order valence-corrected chi connectivity index (χ1v) is 6.03. The van der Waals surface area contributed by atoms with Crippen LogP contribution < -0.4 is 5.32 Å². The molecule has 0 fully saturated rings. The molecule has 0 aliphatic rings. The Kier molecular flexibility index (Phi) is 3.79. The molecule has 1 aromatic carbocycles. The zero-order valence-corrected chi connectivity index (χ0v) is 11.0. The van der Waals surface area contributed by atoms with Gasteiger partial charge in [-0.25, -0.2) is 4.98 Å². The molecule has 1 heterocycles. The predicted molar refractivity (Wildman–Crippen MR) is 73.2 cm³/mol. The number of anilines is 1. The summed E-state index contributed by atoms with van der Waals surface area (Å²) in [5, 5.41) is 14.0. The number of benzene rings is 1. The van der Waals surface area contributed by atoms with Crippen molar-refractivity contribution < 1.29 is 4.92 Å². The van der Waals surface area contributed by atoms with Gasteiger partial charge in [-0.2, -0.15) is 0 Å². The molecule has 19 heavy (non-hydrogen) atoms. The van der Waals surface area contributed by atoms with E-state index in [0.717, 1.165) is 17.9 Å². The van der Waals surface area contributed by atoms with Crippen molar-refractivity contribution in [1.29, 1.82) is 0 Å². The number of aromatic nitrogens is 2. The molecule has 0 aliphatic carbocycles. The Balaban J connectivity index is 1.98. The van der Waals surface area contributed by atoms with Crippen LogP contribution in [0.2, 0.25) is 0 Å². The minimum absolute atomic E-state index is 0.141. The van der Waals surface area contributed by atoms with Gasteiger partial charge in [0.2, 0.25) is 0 Å². The van der Waals surface area contributed by atoms with E-state index in [0.29, 0.717) is 12.1 Å². The van der Waals surface area contributed by atoms with Crippen LogP contribution in [0, 0.1) is 17.0 Å². The Morgan fingerprint density at radius 3 is 2.89 bits per heavy atom. The summed E-state index contributed by atoms with van der Waals surface area (Å²) in [7, 11) is 1.94. The summed E-state index contributed by atoms with van der Waals surface area (Å²) in [5.41, 5.74) is 1.56. The van der Waals surface area contributed by atoms with E-state index in [1.807, 2.05) is 23.9 Å². The van der Waals surface area contributed by atoms with Gasteiger partial charge in [-0.1, -0.05) is 6.07 Å². The van der Waals surface area contributed by atoms with Crippen LogP contribution >= 0.6 is 0 Å². The minimum Gasteiger partial charge on any atom is -0.384 e. The molecular formula is C13H16N4O2. The molecule has 100 valence electrons. The van der Waals surface area contributed by atoms with E-state index >= 15 is 0 Å². The highest BCUT2D eigenvalue weighted by atomic mass is 16.6. The number of nitro groups is 1. The second-order valence-corrected chi connectivity index (χ2v) is 4.39. The average Bonchev–Trinajstić information content (AvgIpc) is 2.77. The summed E-state index contributed by atoms with van der Waals surface area (Å²) >= 11 is 0. The molecule has 0 saturated carbocycles. The number of rotatable bonds is 5. The van der Waals surface area contributed by atoms with Crippen molar-refractivity contribution >= 4 is 11.4 Å². The number of nitro benzene ring substituents is 1. The van der Waals surface area contributed by atoms with E-state index < -0.39 is 0 Å². The van der Waals surface area contributed by atoms with Gasteiger partial charge in [-0.15, -0.1) is 0 Å². The highest BCUT2D eigenvalue weighted by Gasteiger charge is 2.10. The number of aryl methyl sites for hydroxylation is 2. The zero-order chi connectivity index (χ0) is 13.8. The lowest BCUT2D eigenvalue weighted by Crippen LogP contribution is -2.08. The first-order valence-electron chi connectivity index (χ1n) is 6.03. The highest BCUT2D eigenvalue weighted by Crippen LogP contribution is 2.22. The third-order valence-electron chi connectivity index (χ3n) is 3.00. The molecule has 6 nitrogen and oxygen atoms in total. The molecule has 2 aromatic rings. The summed E-state index contributed by atoms with van der Waals surface area (Å²) in [5.74, 6) is 0.981. The van der Waals surface area contributed by atoms with Gasteiger partial charge in [-0.05, 0) is 13.0 Å². The first kappa shape index (κ1) is 13.1. The average molecular weight is 260 g/mol. The molecule has 0 unspecified atom stereocenters. The van der Waals surface area contributed by atoms with Crippen LogP contribution in [0.5, 0.6) is 0 Å². The third kappa shape index (κ3) is 3.09. The molecule has 1 aromatic heterocycles. The number of hydrogen-bond donors (Lipinski definition) is 1. The normalized spacial score (nSPS) is 10.4. The van der Waals surface area contributed by atoms with Crippen LogP contribution in [0.3, 0.4) is 0 Å². The molecule has 2 rings (SSSR count). The van der Waals surface area contributed by atoms with Crippen molar-refractivity contribution in [2.24, 2.45) is 7.05 Å². The zero-order valence-electron chi connectivity index (χ0n) is 11.0. The Labute approximate surface area is 111 Å². The quantitative estimate of drug-likeness (QED) is 0.661. The summed E-state index contributed by atoms with van der Waals surface area (Å²) in [6, 6.07) is 5.16. The molecule has 0 radical (unpaired) electrons. The van der Waals surface area contributed by atoms with Gasteiger partial charge in [-0.3, -0.25) is 10.1 Å². The lowest BCUT2D eigenvalue weighted by molar-refractivity contribution is -0.385. The second kappa shape index (κ2) is 5.51. The highest BCUT2D eigenvalue weighted by molar-refractivity contribution is 5.54. The maximum Gasteiger partial charge on any atom is 0.274 e. The van der Waals surface area contributed by atoms with E-state index in [1.165, 1.54) is 0 Å². The van der Waals surface area contributed by atoms with Gasteiger partial charge >= 0.3 is 0 Å². The van der Waals surface area contributed by atoms with Crippen molar-refractivity contribution in [3.63, 3.8) is 0 Å². The van der Waals surface area contributed by atoms with E-state index in [2.05, 4.69) is 10.3 Å². The molecular weight excluding hydrogens is 244 g/mol. The first-order chi connectivity index (χ1) is 9.08. The molecule has 0 spiro atoms. The van der Waals surface area contributed by atoms with Gasteiger partial charge in [0, 0.05) is 49.7 Å². The number of imidazole rings is 1. The van der Waals surface area contributed by atoms with E-state index in [9.17, 15) is 10.1 Å². The maximum atomic E-state index is 10.8. The van der Waals surface area contributed by atoms with Crippen LogP contribution in [0.15, 0.2) is 30.6 Å². The predicted octanol–water partition coefficient (Wildman–Crippen LogP) is 2.29. The number of nitrogens with one attached hydrogen (secondary N) is 1. The second-order valence-electron chi connectivity index (χ2n) is 4.39. The van der Waals surface area contributed by atoms with Gasteiger partial charge in [0.05, 0.1) is 4.92 Å². The summed E-state index contributed by atoms with van der Waals surface area (Å²) in [6.45, 7) is 2.42. The lowest BCUT2D eigenvalue weighted by atomic mass is 10.2. The van der Waals surface area contributed by atoms with E-state index in [1.54, 1.807) is 25.3 Å². The van der Waals surface area contributed by atoms with Crippen molar-refractivity contribution in [2.45, 2.75) is 13.3 Å². The smallest absolute Gasteiger partial charge is 0.274 e. The fraction of sp³-hybridized carbons (Fsp3) is 0.308. The molecule has 0 bridgehead atoms. The maximum absolute atomic E-state index is 10.8. The Bertz CT molecular complexity index is 592. The molecule has 6 heteroatoms. The van der Waals surface area contributed by atoms with Crippen molar-refractivity contribution in [2.75, 3.05) is 11.9 Å². The van der Waals surface area contributed by atoms with Crippen LogP contribution in [0.4, 0.5) is 11.4 Å². The largest absolute Gasteiger partial charge is 0.384 e. The molecule has 0 atom stereocenters. The summed E-state index contributed by atoms with van der Waals surface area (Å²) in [6.07, 6.45) is 4.42. The third-order valence-corrected chi connectivity index (χ3v) is 3.00. The van der Waals surface area contributed by atoms with Crippen LogP contribution in [0.25, 0.3) is 0 Å². The van der Waals surface area contributed by atoms with E-state index in [4.69, 9.17) is 0 Å². The van der Waals surface area contributed by atoms with Crippen LogP contribution in [-0.4, -0.2) is 21.0 Å². The molecule has 0 aliphatic heterocycles. The van der Waals surface area contributed by atoms with Crippen molar-refractivity contribution in [3.05, 3.63) is 52.1 Å². The van der Waals surface area contributed by atoms with Gasteiger partial charge in [0.15, 0.2) is 0 Å². The minimum atomic E-state index is -0.362. The molecule has 0 saturated heterocycles. The fourth-order valence-electron chi connectivity index (χ4n) is 1.87. The summed E-state index contributed by atoms with van der Waals surface area (Å²) < 4.78 is 1.96. The van der Waals surface area contributed by atoms with Gasteiger partial charge < -0.3 is 9.88 Å². The number of hydrogen-bond acceptors (Lipinski definition) is 4. The Morgan fingerprint density at radius 2 is 2.26 bits per heavy atom. The van der Waals surface area contributed by atoms with Crippen LogP contribution in [0.1, 0.15) is 11.4 Å². The van der Waals surface area contributed by atoms with Gasteiger partial charge in [0.25, 0.3) is 5.69 Å². The topological polar surface area (TPSA) is 73.0 Å². The Hall–Kier alpha value is -2.37. The lowest BCUT2D eigenvalue weighted by Gasteiger charge is -2.07. The Morgan fingerprint density at radius 1 is 1.47 bits per heavy atom. The SMILES string of the molecule is Cc1ccc(NCCc2nccn2C)cc1[N+](=O)[O-]. The van der Waals surface area contributed by atoms with Crippen LogP contribution in [-0.2, 0) is 13.5 Å². The van der Waals surface area contributed by atoms with Gasteiger partial charge in [0.1, 0.15) is 5.82 Å². The number of nitrogens with zero attached hydrogens (tertiary/aromatic N) is 3. The van der Waals surface area contributed by atoms with Crippen molar-refractivity contribution in [3.8, 4) is 0 Å².